The molecule has 1 aromatic carbocycles. The number of hydrogen-bond acceptors (Lipinski definition) is 3. The first-order valence-corrected chi connectivity index (χ1v) is 5.63. The Kier molecular flexibility index (Phi) is 2.97. The largest absolute Gasteiger partial charge is 0.508 e. The number of aromatic nitrogens is 2. The van der Waals surface area contributed by atoms with Crippen LogP contribution in [0.25, 0.3) is 0 Å². The quantitative estimate of drug-likeness (QED) is 0.807. The second-order valence-corrected chi connectivity index (χ2v) is 4.31. The van der Waals surface area contributed by atoms with Gasteiger partial charge in [-0.3, -0.25) is 4.68 Å². The van der Waals surface area contributed by atoms with Gasteiger partial charge in [-0.2, -0.15) is 5.10 Å². The molecule has 1 heterocycles. The van der Waals surface area contributed by atoms with Crippen LogP contribution in [0.2, 0.25) is 0 Å². The summed E-state index contributed by atoms with van der Waals surface area (Å²) in [5, 5.41) is 13.4. The number of nitrogens with zero attached hydrogens (tertiary/aromatic N) is 2. The number of aryl methyl sites for hydroxylation is 1. The van der Waals surface area contributed by atoms with E-state index in [-0.39, 0.29) is 0 Å². The lowest BCUT2D eigenvalue weighted by atomic mass is 10.3. The highest BCUT2D eigenvalue weighted by molar-refractivity contribution is 7.98. The van der Waals surface area contributed by atoms with E-state index in [2.05, 4.69) is 5.10 Å². The van der Waals surface area contributed by atoms with Crippen LogP contribution in [0.5, 0.6) is 5.75 Å². The Labute approximate surface area is 92.7 Å². The van der Waals surface area contributed by atoms with E-state index in [1.165, 1.54) is 0 Å². The first kappa shape index (κ1) is 10.1. The molecule has 3 nitrogen and oxygen atoms in total. The van der Waals surface area contributed by atoms with Crippen molar-refractivity contribution in [2.24, 2.45) is 7.05 Å². The Hall–Kier alpha value is -1.42. The van der Waals surface area contributed by atoms with Crippen LogP contribution in [0.4, 0.5) is 0 Å². The average molecular weight is 220 g/mol. The van der Waals surface area contributed by atoms with Gasteiger partial charge >= 0.3 is 0 Å². The summed E-state index contributed by atoms with van der Waals surface area (Å²) >= 11 is 1.71. The van der Waals surface area contributed by atoms with Crippen molar-refractivity contribution in [3.8, 4) is 5.75 Å². The summed E-state index contributed by atoms with van der Waals surface area (Å²) in [4.78, 5) is 1.14. The van der Waals surface area contributed by atoms with E-state index in [1.807, 2.05) is 31.4 Å². The second kappa shape index (κ2) is 4.40. The summed E-state index contributed by atoms with van der Waals surface area (Å²) in [5.74, 6) is 1.16. The monoisotopic (exact) mass is 220 g/mol. The van der Waals surface area contributed by atoms with Crippen molar-refractivity contribution in [2.75, 3.05) is 0 Å². The zero-order chi connectivity index (χ0) is 10.7. The van der Waals surface area contributed by atoms with Crippen molar-refractivity contribution in [1.29, 1.82) is 0 Å². The molecule has 0 saturated heterocycles. The fraction of sp³-hybridized carbons (Fsp3) is 0.182. The van der Waals surface area contributed by atoms with Crippen LogP contribution in [0.3, 0.4) is 0 Å². The molecule has 78 valence electrons. The molecule has 0 atom stereocenters. The van der Waals surface area contributed by atoms with Crippen molar-refractivity contribution in [2.45, 2.75) is 10.6 Å². The molecule has 1 aromatic heterocycles. The maximum Gasteiger partial charge on any atom is 0.115 e. The van der Waals surface area contributed by atoms with Gasteiger partial charge in [0.15, 0.2) is 0 Å². The maximum absolute atomic E-state index is 9.12. The molecular formula is C11H12N2OS. The van der Waals surface area contributed by atoms with E-state index in [9.17, 15) is 0 Å². The number of aromatic hydroxyl groups is 1. The minimum absolute atomic E-state index is 0.303. The van der Waals surface area contributed by atoms with E-state index >= 15 is 0 Å². The van der Waals surface area contributed by atoms with Crippen LogP contribution in [0.1, 0.15) is 5.69 Å². The summed E-state index contributed by atoms with van der Waals surface area (Å²) in [7, 11) is 1.91. The van der Waals surface area contributed by atoms with Crippen molar-refractivity contribution >= 4 is 11.8 Å². The Morgan fingerprint density at radius 3 is 2.60 bits per heavy atom. The smallest absolute Gasteiger partial charge is 0.115 e. The first-order valence-electron chi connectivity index (χ1n) is 4.64. The Morgan fingerprint density at radius 2 is 2.00 bits per heavy atom. The normalized spacial score (nSPS) is 10.5. The molecule has 0 amide bonds. The number of rotatable bonds is 3. The summed E-state index contributed by atoms with van der Waals surface area (Å²) in [6, 6.07) is 9.21. The fourth-order valence-corrected chi connectivity index (χ4v) is 2.04. The van der Waals surface area contributed by atoms with Gasteiger partial charge in [-0.25, -0.2) is 0 Å². The lowest BCUT2D eigenvalue weighted by molar-refractivity contribution is 0.475. The molecule has 2 rings (SSSR count). The van der Waals surface area contributed by atoms with Crippen LogP contribution in [0.15, 0.2) is 41.4 Å². The van der Waals surface area contributed by atoms with Crippen LogP contribution in [-0.4, -0.2) is 14.9 Å². The molecule has 0 fully saturated rings. The highest BCUT2D eigenvalue weighted by Crippen LogP contribution is 2.23. The molecule has 0 spiro atoms. The number of phenolic OH excluding ortho intramolecular Hbond substituents is 1. The molecule has 0 bridgehead atoms. The fourth-order valence-electron chi connectivity index (χ4n) is 1.24. The number of benzene rings is 1. The third kappa shape index (κ3) is 2.76. The van der Waals surface area contributed by atoms with Gasteiger partial charge in [0.05, 0.1) is 5.69 Å². The summed E-state index contributed by atoms with van der Waals surface area (Å²) in [6.45, 7) is 0. The maximum atomic E-state index is 9.12. The minimum atomic E-state index is 0.303. The van der Waals surface area contributed by atoms with Gasteiger partial charge < -0.3 is 5.11 Å². The molecule has 0 aliphatic heterocycles. The van der Waals surface area contributed by atoms with Gasteiger partial charge in [-0.15, -0.1) is 11.8 Å². The predicted molar refractivity (Wildman–Crippen MR) is 60.9 cm³/mol. The molecule has 1 N–H and O–H groups in total. The van der Waals surface area contributed by atoms with E-state index in [0.29, 0.717) is 5.75 Å². The summed E-state index contributed by atoms with van der Waals surface area (Å²) in [6.07, 6.45) is 1.94. The number of hydrogen-bond donors (Lipinski definition) is 1. The van der Waals surface area contributed by atoms with Crippen molar-refractivity contribution in [3.05, 3.63) is 42.2 Å². The van der Waals surface area contributed by atoms with Crippen LogP contribution in [0, 0.1) is 0 Å². The molecule has 0 radical (unpaired) electrons. The topological polar surface area (TPSA) is 38.0 Å². The second-order valence-electron chi connectivity index (χ2n) is 3.26. The highest BCUT2D eigenvalue weighted by Gasteiger charge is 1.99. The molecule has 15 heavy (non-hydrogen) atoms. The van der Waals surface area contributed by atoms with E-state index in [1.54, 1.807) is 28.6 Å². The number of phenols is 1. The zero-order valence-corrected chi connectivity index (χ0v) is 9.24. The van der Waals surface area contributed by atoms with Gasteiger partial charge in [0.2, 0.25) is 0 Å². The third-order valence-electron chi connectivity index (χ3n) is 1.99. The van der Waals surface area contributed by atoms with Gasteiger partial charge in [0.25, 0.3) is 0 Å². The Balaban J connectivity index is 1.96. The standard InChI is InChI=1S/C11H12N2OS/c1-13-7-6-9(12-13)8-15-11-4-2-10(14)3-5-11/h2-7,14H,8H2,1H3. The molecule has 0 aliphatic rings. The van der Waals surface area contributed by atoms with Gasteiger partial charge in [0.1, 0.15) is 5.75 Å². The SMILES string of the molecule is Cn1ccc(CSc2ccc(O)cc2)n1. The Bertz CT molecular complexity index is 436. The summed E-state index contributed by atoms with van der Waals surface area (Å²) in [5.41, 5.74) is 1.07. The Morgan fingerprint density at radius 1 is 1.27 bits per heavy atom. The van der Waals surface area contributed by atoms with Crippen molar-refractivity contribution in [1.82, 2.24) is 9.78 Å². The molecule has 0 aliphatic carbocycles. The van der Waals surface area contributed by atoms with Crippen LogP contribution in [-0.2, 0) is 12.8 Å². The zero-order valence-electron chi connectivity index (χ0n) is 8.42. The molecular weight excluding hydrogens is 208 g/mol. The van der Waals surface area contributed by atoms with E-state index < -0.39 is 0 Å². The highest BCUT2D eigenvalue weighted by atomic mass is 32.2. The molecule has 2 aromatic rings. The minimum Gasteiger partial charge on any atom is -0.508 e. The van der Waals surface area contributed by atoms with Gasteiger partial charge in [-0.05, 0) is 30.3 Å². The van der Waals surface area contributed by atoms with Crippen molar-refractivity contribution in [3.63, 3.8) is 0 Å². The average Bonchev–Trinajstić information content (AvgIpc) is 2.64. The van der Waals surface area contributed by atoms with Crippen LogP contribution < -0.4 is 0 Å². The first-order chi connectivity index (χ1) is 7.24. The van der Waals surface area contributed by atoms with E-state index in [0.717, 1.165) is 16.3 Å². The van der Waals surface area contributed by atoms with Crippen LogP contribution >= 0.6 is 11.8 Å². The van der Waals surface area contributed by atoms with Crippen molar-refractivity contribution < 1.29 is 5.11 Å². The lowest BCUT2D eigenvalue weighted by Gasteiger charge is -1.99. The molecule has 0 unspecified atom stereocenters. The van der Waals surface area contributed by atoms with Gasteiger partial charge in [-0.1, -0.05) is 0 Å². The lowest BCUT2D eigenvalue weighted by Crippen LogP contribution is -1.89. The molecule has 4 heteroatoms. The summed E-state index contributed by atoms with van der Waals surface area (Å²) < 4.78 is 1.80. The van der Waals surface area contributed by atoms with E-state index in [4.69, 9.17) is 5.11 Å². The molecule has 0 saturated carbocycles. The predicted octanol–water partition coefficient (Wildman–Crippen LogP) is 2.42. The number of thioether (sulfide) groups is 1. The van der Waals surface area contributed by atoms with Gasteiger partial charge in [0, 0.05) is 23.9 Å². The third-order valence-corrected chi connectivity index (χ3v) is 3.04.